The van der Waals surface area contributed by atoms with Gasteiger partial charge in [-0.1, -0.05) is 0 Å². The number of nitrogens with two attached hydrogens (primary N) is 1. The quantitative estimate of drug-likeness (QED) is 0.288. The molecule has 6 N–H and O–H groups in total. The predicted molar refractivity (Wildman–Crippen MR) is 38.0 cm³/mol. The average molecular weight is 179 g/mol. The number of hydrogen-bond donors (Lipinski definition) is 5. The molecule has 72 valence electrons. The zero-order valence-electron chi connectivity index (χ0n) is 6.37. The fourth-order valence-electron chi connectivity index (χ4n) is 1.12. The number of aliphatic hydroxyl groups is 4. The molecule has 0 aromatic carbocycles. The van der Waals surface area contributed by atoms with E-state index in [-0.39, 0.29) is 0 Å². The molecule has 0 aromatic rings. The van der Waals surface area contributed by atoms with Gasteiger partial charge in [0.1, 0.15) is 18.3 Å². The summed E-state index contributed by atoms with van der Waals surface area (Å²) in [5, 5.41) is 36.1. The second-order valence-electron chi connectivity index (χ2n) is 2.81. The maximum atomic E-state index is 9.20. The molecule has 1 heterocycles. The lowest BCUT2D eigenvalue weighted by Crippen LogP contribution is -2.61. The second kappa shape index (κ2) is 3.65. The summed E-state index contributed by atoms with van der Waals surface area (Å²) in [6.45, 7) is -0.470. The highest BCUT2D eigenvalue weighted by molar-refractivity contribution is 4.90. The molecule has 0 saturated carbocycles. The van der Waals surface area contributed by atoms with Crippen molar-refractivity contribution in [3.63, 3.8) is 0 Å². The van der Waals surface area contributed by atoms with E-state index in [0.717, 1.165) is 0 Å². The summed E-state index contributed by atoms with van der Waals surface area (Å²) in [6, 6.07) is -1.04. The van der Waals surface area contributed by atoms with Crippen LogP contribution in [0, 0.1) is 0 Å². The molecule has 1 rings (SSSR count). The van der Waals surface area contributed by atoms with Gasteiger partial charge in [0, 0.05) is 0 Å². The maximum absolute atomic E-state index is 9.20. The standard InChI is InChI=1S/C6H13NO5/c7-3-5(10)4(9)2(1-8)12-6(3)11/h2-6,8-11H,1,7H2/t2-,3-,4-,5+,6?/m1/s1. The van der Waals surface area contributed by atoms with Crippen LogP contribution >= 0.6 is 0 Å². The van der Waals surface area contributed by atoms with Gasteiger partial charge in [-0.15, -0.1) is 0 Å². The van der Waals surface area contributed by atoms with E-state index in [2.05, 4.69) is 0 Å². The molecule has 0 aromatic heterocycles. The summed E-state index contributed by atoms with van der Waals surface area (Å²) in [6.07, 6.45) is -4.85. The van der Waals surface area contributed by atoms with Crippen molar-refractivity contribution in [2.24, 2.45) is 5.73 Å². The Morgan fingerprint density at radius 2 is 1.75 bits per heavy atom. The molecule has 6 nitrogen and oxygen atoms in total. The van der Waals surface area contributed by atoms with E-state index in [9.17, 15) is 10.2 Å². The Morgan fingerprint density at radius 3 is 2.25 bits per heavy atom. The van der Waals surface area contributed by atoms with Crippen molar-refractivity contribution in [2.75, 3.05) is 6.61 Å². The summed E-state index contributed by atoms with van der Waals surface area (Å²) in [5.74, 6) is 0. The molecule has 5 atom stereocenters. The predicted octanol–water partition coefficient (Wildman–Crippen LogP) is -3.25. The zero-order chi connectivity index (χ0) is 9.30. The van der Waals surface area contributed by atoms with Crippen LogP contribution in [0.2, 0.25) is 0 Å². The molecule has 0 spiro atoms. The molecule has 0 radical (unpaired) electrons. The van der Waals surface area contributed by atoms with Crippen molar-refractivity contribution in [3.05, 3.63) is 0 Å². The van der Waals surface area contributed by atoms with E-state index in [1.807, 2.05) is 0 Å². The molecule has 0 amide bonds. The number of rotatable bonds is 1. The van der Waals surface area contributed by atoms with Crippen LogP contribution < -0.4 is 5.73 Å². The number of hydrogen-bond acceptors (Lipinski definition) is 6. The highest BCUT2D eigenvalue weighted by Crippen LogP contribution is 2.17. The van der Waals surface area contributed by atoms with Crippen molar-refractivity contribution < 1.29 is 25.2 Å². The molecule has 0 bridgehead atoms. The molecule has 0 aliphatic carbocycles. The minimum atomic E-state index is -1.35. The van der Waals surface area contributed by atoms with E-state index in [0.29, 0.717) is 0 Å². The molecule has 1 aliphatic heterocycles. The molecule has 1 saturated heterocycles. The van der Waals surface area contributed by atoms with Gasteiger partial charge in [0.25, 0.3) is 0 Å². The normalized spacial score (nSPS) is 49.2. The van der Waals surface area contributed by atoms with Crippen LogP contribution in [0.4, 0.5) is 0 Å². The summed E-state index contributed by atoms with van der Waals surface area (Å²) in [4.78, 5) is 0. The third-order valence-electron chi connectivity index (χ3n) is 1.95. The van der Waals surface area contributed by atoms with Gasteiger partial charge in [-0.3, -0.25) is 0 Å². The van der Waals surface area contributed by atoms with Crippen molar-refractivity contribution in [1.82, 2.24) is 0 Å². The van der Waals surface area contributed by atoms with Gasteiger partial charge in [-0.05, 0) is 0 Å². The van der Waals surface area contributed by atoms with Crippen LogP contribution in [-0.4, -0.2) is 57.7 Å². The molecular weight excluding hydrogens is 166 g/mol. The highest BCUT2D eigenvalue weighted by Gasteiger charge is 2.41. The summed E-state index contributed by atoms with van der Waals surface area (Å²) in [5.41, 5.74) is 5.26. The third kappa shape index (κ3) is 1.58. The Kier molecular flexibility index (Phi) is 2.99. The Labute approximate surface area is 69.2 Å². The Morgan fingerprint density at radius 1 is 1.17 bits per heavy atom. The fraction of sp³-hybridized carbons (Fsp3) is 1.00. The van der Waals surface area contributed by atoms with Crippen LogP contribution in [0.25, 0.3) is 0 Å². The summed E-state index contributed by atoms with van der Waals surface area (Å²) in [7, 11) is 0. The van der Waals surface area contributed by atoms with Crippen LogP contribution in [0.3, 0.4) is 0 Å². The van der Waals surface area contributed by atoms with E-state index < -0.39 is 37.3 Å². The topological polar surface area (TPSA) is 116 Å². The van der Waals surface area contributed by atoms with E-state index in [4.69, 9.17) is 20.7 Å². The lowest BCUT2D eigenvalue weighted by Gasteiger charge is -2.38. The molecule has 6 heteroatoms. The molecule has 1 fully saturated rings. The van der Waals surface area contributed by atoms with Gasteiger partial charge in [0.05, 0.1) is 12.6 Å². The Balaban J connectivity index is 2.63. The van der Waals surface area contributed by atoms with Crippen LogP contribution in [0.5, 0.6) is 0 Å². The van der Waals surface area contributed by atoms with Crippen molar-refractivity contribution in [3.8, 4) is 0 Å². The molecule has 1 aliphatic rings. The van der Waals surface area contributed by atoms with Gasteiger partial charge in [-0.25, -0.2) is 0 Å². The first-order chi connectivity index (χ1) is 5.57. The minimum absolute atomic E-state index is 0.470. The van der Waals surface area contributed by atoms with Crippen LogP contribution in [0.15, 0.2) is 0 Å². The van der Waals surface area contributed by atoms with Crippen LogP contribution in [0.1, 0.15) is 0 Å². The van der Waals surface area contributed by atoms with Gasteiger partial charge in [0.2, 0.25) is 0 Å². The minimum Gasteiger partial charge on any atom is -0.394 e. The molecule has 1 unspecified atom stereocenters. The average Bonchev–Trinajstić information content (AvgIpc) is 2.08. The first-order valence-corrected chi connectivity index (χ1v) is 3.64. The van der Waals surface area contributed by atoms with E-state index in [1.54, 1.807) is 0 Å². The van der Waals surface area contributed by atoms with Gasteiger partial charge in [-0.2, -0.15) is 0 Å². The third-order valence-corrected chi connectivity index (χ3v) is 1.95. The smallest absolute Gasteiger partial charge is 0.173 e. The largest absolute Gasteiger partial charge is 0.394 e. The zero-order valence-corrected chi connectivity index (χ0v) is 6.37. The summed E-state index contributed by atoms with van der Waals surface area (Å²) < 4.78 is 4.70. The first-order valence-electron chi connectivity index (χ1n) is 3.64. The number of ether oxygens (including phenoxy) is 1. The first kappa shape index (κ1) is 9.85. The van der Waals surface area contributed by atoms with Gasteiger partial charge < -0.3 is 30.9 Å². The van der Waals surface area contributed by atoms with E-state index >= 15 is 0 Å². The highest BCUT2D eigenvalue weighted by atomic mass is 16.6. The second-order valence-corrected chi connectivity index (χ2v) is 2.81. The Bertz CT molecular complexity index is 150. The fourth-order valence-corrected chi connectivity index (χ4v) is 1.12. The van der Waals surface area contributed by atoms with Gasteiger partial charge >= 0.3 is 0 Å². The Hall–Kier alpha value is -0.240. The van der Waals surface area contributed by atoms with Crippen LogP contribution in [-0.2, 0) is 4.74 Å². The monoisotopic (exact) mass is 179 g/mol. The lowest BCUT2D eigenvalue weighted by molar-refractivity contribution is -0.248. The summed E-state index contributed by atoms with van der Waals surface area (Å²) >= 11 is 0. The van der Waals surface area contributed by atoms with Crippen molar-refractivity contribution in [1.29, 1.82) is 0 Å². The molecule has 12 heavy (non-hydrogen) atoms. The van der Waals surface area contributed by atoms with Crippen molar-refractivity contribution in [2.45, 2.75) is 30.6 Å². The van der Waals surface area contributed by atoms with Crippen molar-refractivity contribution >= 4 is 0 Å². The number of aliphatic hydroxyl groups excluding tert-OH is 4. The molecular formula is C6H13NO5. The van der Waals surface area contributed by atoms with E-state index in [1.165, 1.54) is 0 Å². The lowest BCUT2D eigenvalue weighted by atomic mass is 9.98. The SMILES string of the molecule is N[C@H]1C(O)O[C@H](CO)[C@@H](O)[C@H]1O. The maximum Gasteiger partial charge on any atom is 0.173 e. The van der Waals surface area contributed by atoms with Gasteiger partial charge in [0.15, 0.2) is 6.29 Å².